The lowest BCUT2D eigenvalue weighted by Gasteiger charge is -2.28. The van der Waals surface area contributed by atoms with Crippen molar-refractivity contribution in [3.8, 4) is 11.5 Å². The summed E-state index contributed by atoms with van der Waals surface area (Å²) in [4.78, 5) is 28.3. The van der Waals surface area contributed by atoms with Gasteiger partial charge in [-0.25, -0.2) is 0 Å². The van der Waals surface area contributed by atoms with Crippen molar-refractivity contribution in [2.75, 3.05) is 12.0 Å². The number of amides is 1. The molecule has 180 valence electrons. The second-order valence-electron chi connectivity index (χ2n) is 8.89. The van der Waals surface area contributed by atoms with E-state index in [1.807, 2.05) is 58.0 Å². The van der Waals surface area contributed by atoms with Crippen LogP contribution in [0, 0.1) is 13.8 Å². The van der Waals surface area contributed by atoms with Crippen LogP contribution in [-0.4, -0.2) is 30.0 Å². The van der Waals surface area contributed by atoms with Crippen molar-refractivity contribution in [1.82, 2.24) is 0 Å². The number of Topliss-reactive ketones (excluding diaryl/α,β-unsaturated/α-hetero) is 1. The standard InChI is InChI=1S/C29H29NO5/c1-17(2)35-21-13-11-20(12-14-21)27(31)25-26(22-8-6-7-9-24(22)34-5)30(29(33)28(25)32)23-15-10-18(3)16-19(23)4/h6-17,26,31H,1-5H3/b27-25+. The Labute approximate surface area is 205 Å². The maximum atomic E-state index is 13.4. The number of benzene rings is 3. The summed E-state index contributed by atoms with van der Waals surface area (Å²) in [6.07, 6.45) is 0.00284. The number of para-hydroxylation sites is 1. The van der Waals surface area contributed by atoms with E-state index in [1.54, 1.807) is 36.4 Å². The first-order valence-electron chi connectivity index (χ1n) is 11.5. The van der Waals surface area contributed by atoms with Gasteiger partial charge in [0.15, 0.2) is 0 Å². The van der Waals surface area contributed by atoms with Crippen LogP contribution in [0.2, 0.25) is 0 Å². The molecule has 4 rings (SSSR count). The summed E-state index contributed by atoms with van der Waals surface area (Å²) in [7, 11) is 1.54. The molecule has 35 heavy (non-hydrogen) atoms. The van der Waals surface area contributed by atoms with Gasteiger partial charge in [0.25, 0.3) is 11.7 Å². The maximum absolute atomic E-state index is 13.4. The predicted octanol–water partition coefficient (Wildman–Crippen LogP) is 5.73. The SMILES string of the molecule is COc1ccccc1C1/C(=C(\O)c2ccc(OC(C)C)cc2)C(=O)C(=O)N1c1ccc(C)cc1C. The molecule has 0 bridgehead atoms. The molecule has 1 aliphatic rings. The number of hydrogen-bond acceptors (Lipinski definition) is 5. The molecule has 1 saturated heterocycles. The molecule has 1 amide bonds. The summed E-state index contributed by atoms with van der Waals surface area (Å²) in [6, 6.07) is 18.9. The van der Waals surface area contributed by atoms with E-state index in [2.05, 4.69) is 0 Å². The number of carbonyl (C=O) groups excluding carboxylic acids is 2. The average Bonchev–Trinajstić information content (AvgIpc) is 3.09. The lowest BCUT2D eigenvalue weighted by molar-refractivity contribution is -0.132. The Morgan fingerprint density at radius 1 is 0.971 bits per heavy atom. The Morgan fingerprint density at radius 2 is 1.66 bits per heavy atom. The third-order valence-corrected chi connectivity index (χ3v) is 5.99. The summed E-state index contributed by atoms with van der Waals surface area (Å²) < 4.78 is 11.3. The first-order valence-corrected chi connectivity index (χ1v) is 11.5. The molecule has 1 unspecified atom stereocenters. The summed E-state index contributed by atoms with van der Waals surface area (Å²) >= 11 is 0. The van der Waals surface area contributed by atoms with Crippen LogP contribution in [0.4, 0.5) is 5.69 Å². The molecule has 3 aromatic rings. The molecule has 0 aliphatic carbocycles. The van der Waals surface area contributed by atoms with Crippen LogP contribution in [0.1, 0.15) is 42.1 Å². The molecular formula is C29H29NO5. The van der Waals surface area contributed by atoms with Gasteiger partial charge in [0.05, 0.1) is 24.8 Å². The number of aryl methyl sites for hydroxylation is 2. The lowest BCUT2D eigenvalue weighted by atomic mass is 9.94. The van der Waals surface area contributed by atoms with Crippen molar-refractivity contribution in [1.29, 1.82) is 0 Å². The second-order valence-corrected chi connectivity index (χ2v) is 8.89. The van der Waals surface area contributed by atoms with E-state index < -0.39 is 17.7 Å². The van der Waals surface area contributed by atoms with Crippen molar-refractivity contribution < 1.29 is 24.2 Å². The minimum absolute atomic E-state index is 0.00284. The van der Waals surface area contributed by atoms with Crippen LogP contribution < -0.4 is 14.4 Å². The Kier molecular flexibility index (Phi) is 6.65. The van der Waals surface area contributed by atoms with E-state index in [0.717, 1.165) is 11.1 Å². The van der Waals surface area contributed by atoms with Crippen LogP contribution in [0.25, 0.3) is 5.76 Å². The molecule has 1 atom stereocenters. The molecule has 6 heteroatoms. The number of hydrogen-bond donors (Lipinski definition) is 1. The van der Waals surface area contributed by atoms with Gasteiger partial charge in [0.2, 0.25) is 0 Å². The zero-order chi connectivity index (χ0) is 25.3. The summed E-state index contributed by atoms with van der Waals surface area (Å²) in [6.45, 7) is 7.72. The topological polar surface area (TPSA) is 76.1 Å². The highest BCUT2D eigenvalue weighted by Crippen LogP contribution is 2.45. The Morgan fingerprint density at radius 3 is 2.29 bits per heavy atom. The van der Waals surface area contributed by atoms with Gasteiger partial charge in [-0.3, -0.25) is 14.5 Å². The minimum Gasteiger partial charge on any atom is -0.507 e. The number of nitrogens with zero attached hydrogens (tertiary/aromatic N) is 1. The lowest BCUT2D eigenvalue weighted by Crippen LogP contribution is -2.30. The van der Waals surface area contributed by atoms with Crippen molar-refractivity contribution in [3.63, 3.8) is 0 Å². The first kappa shape index (κ1) is 24.1. The average molecular weight is 472 g/mol. The van der Waals surface area contributed by atoms with Crippen molar-refractivity contribution >= 4 is 23.1 Å². The largest absolute Gasteiger partial charge is 0.507 e. The van der Waals surface area contributed by atoms with Gasteiger partial charge in [-0.1, -0.05) is 35.9 Å². The minimum atomic E-state index is -0.862. The van der Waals surface area contributed by atoms with E-state index in [1.165, 1.54) is 12.0 Å². The van der Waals surface area contributed by atoms with Crippen molar-refractivity contribution in [2.45, 2.75) is 39.8 Å². The highest BCUT2D eigenvalue weighted by Gasteiger charge is 2.48. The third-order valence-electron chi connectivity index (χ3n) is 5.99. The molecule has 0 aromatic heterocycles. The molecule has 1 N–H and O–H groups in total. The summed E-state index contributed by atoms with van der Waals surface area (Å²) in [5.74, 6) is -0.535. The predicted molar refractivity (Wildman–Crippen MR) is 136 cm³/mol. The molecule has 0 saturated carbocycles. The van der Waals surface area contributed by atoms with Crippen molar-refractivity contribution in [3.05, 3.63) is 94.6 Å². The number of aliphatic hydroxyl groups is 1. The maximum Gasteiger partial charge on any atom is 0.300 e. The van der Waals surface area contributed by atoms with Crippen LogP contribution in [-0.2, 0) is 9.59 Å². The number of ether oxygens (including phenoxy) is 2. The van der Waals surface area contributed by atoms with Gasteiger partial charge in [0.1, 0.15) is 17.3 Å². The fraction of sp³-hybridized carbons (Fsp3) is 0.241. The van der Waals surface area contributed by atoms with Gasteiger partial charge in [0, 0.05) is 16.8 Å². The van der Waals surface area contributed by atoms with Gasteiger partial charge in [-0.15, -0.1) is 0 Å². The smallest absolute Gasteiger partial charge is 0.300 e. The molecule has 0 spiro atoms. The number of rotatable bonds is 6. The van der Waals surface area contributed by atoms with Crippen LogP contribution >= 0.6 is 0 Å². The Hall–Kier alpha value is -4.06. The zero-order valence-electron chi connectivity index (χ0n) is 20.5. The first-order chi connectivity index (χ1) is 16.7. The quantitative estimate of drug-likeness (QED) is 0.282. The molecule has 1 heterocycles. The van der Waals surface area contributed by atoms with Crippen LogP contribution in [0.5, 0.6) is 11.5 Å². The molecule has 3 aromatic carbocycles. The normalized spacial score (nSPS) is 17.2. The number of carbonyl (C=O) groups is 2. The highest BCUT2D eigenvalue weighted by atomic mass is 16.5. The van der Waals surface area contributed by atoms with Crippen molar-refractivity contribution in [2.24, 2.45) is 0 Å². The van der Waals surface area contributed by atoms with Gasteiger partial charge in [-0.2, -0.15) is 0 Å². The van der Waals surface area contributed by atoms with E-state index in [0.29, 0.717) is 28.3 Å². The van der Waals surface area contributed by atoms with E-state index in [-0.39, 0.29) is 17.4 Å². The molecule has 0 radical (unpaired) electrons. The molecular weight excluding hydrogens is 442 g/mol. The highest BCUT2D eigenvalue weighted by molar-refractivity contribution is 6.51. The fourth-order valence-electron chi connectivity index (χ4n) is 4.46. The van der Waals surface area contributed by atoms with E-state index in [9.17, 15) is 14.7 Å². The monoisotopic (exact) mass is 471 g/mol. The van der Waals surface area contributed by atoms with Crippen LogP contribution in [0.15, 0.2) is 72.3 Å². The number of aliphatic hydroxyl groups excluding tert-OH is 1. The second kappa shape index (κ2) is 9.66. The zero-order valence-corrected chi connectivity index (χ0v) is 20.5. The fourth-order valence-corrected chi connectivity index (χ4v) is 4.46. The third kappa shape index (κ3) is 4.52. The van der Waals surface area contributed by atoms with E-state index >= 15 is 0 Å². The Bertz CT molecular complexity index is 1310. The Balaban J connectivity index is 1.92. The number of anilines is 1. The van der Waals surface area contributed by atoms with Gasteiger partial charge in [-0.05, 0) is 69.7 Å². The van der Waals surface area contributed by atoms with Crippen LogP contribution in [0.3, 0.4) is 0 Å². The number of methoxy groups -OCH3 is 1. The summed E-state index contributed by atoms with van der Waals surface area (Å²) in [5.41, 5.74) is 3.53. The number of ketones is 1. The molecule has 1 fully saturated rings. The molecule has 6 nitrogen and oxygen atoms in total. The van der Waals surface area contributed by atoms with E-state index in [4.69, 9.17) is 9.47 Å². The molecule has 1 aliphatic heterocycles. The van der Waals surface area contributed by atoms with Gasteiger partial charge < -0.3 is 14.6 Å². The summed E-state index contributed by atoms with van der Waals surface area (Å²) in [5, 5.41) is 11.4. The van der Waals surface area contributed by atoms with Gasteiger partial charge >= 0.3 is 0 Å².